The summed E-state index contributed by atoms with van der Waals surface area (Å²) in [6.45, 7) is 0. The van der Waals surface area contributed by atoms with Gasteiger partial charge in [0, 0.05) is 23.5 Å². The fraction of sp³-hybridized carbons (Fsp3) is 0.333. The van der Waals surface area contributed by atoms with Crippen LogP contribution in [0.2, 0.25) is 0 Å². The molecule has 1 heterocycles. The van der Waals surface area contributed by atoms with Crippen molar-refractivity contribution in [3.8, 4) is 5.75 Å². The number of halogens is 3. The molecule has 1 aliphatic carbocycles. The van der Waals surface area contributed by atoms with E-state index in [1.54, 1.807) is 0 Å². The Balaban J connectivity index is 1.26. The Morgan fingerprint density at radius 3 is 2.11 bits per heavy atom. The molecule has 5 rings (SSSR count). The van der Waals surface area contributed by atoms with E-state index in [2.05, 4.69) is 62.9 Å². The van der Waals surface area contributed by atoms with Crippen molar-refractivity contribution in [1.29, 1.82) is 0 Å². The Morgan fingerprint density at radius 2 is 1.50 bits per heavy atom. The van der Waals surface area contributed by atoms with Crippen molar-refractivity contribution in [1.82, 2.24) is 4.72 Å². The van der Waals surface area contributed by atoms with Crippen molar-refractivity contribution in [2.24, 2.45) is 0 Å². The molecular formula is C27H28F3N3O2S. The van der Waals surface area contributed by atoms with Gasteiger partial charge in [0.15, 0.2) is 0 Å². The number of anilines is 3. The number of fused-ring (bicyclic) bond motifs is 2. The predicted molar refractivity (Wildman–Crippen MR) is 137 cm³/mol. The van der Waals surface area contributed by atoms with Crippen molar-refractivity contribution >= 4 is 29.2 Å². The zero-order valence-electron chi connectivity index (χ0n) is 19.6. The zero-order chi connectivity index (χ0) is 25.1. The molecule has 0 aromatic heterocycles. The van der Waals surface area contributed by atoms with Crippen LogP contribution in [0.5, 0.6) is 5.75 Å². The van der Waals surface area contributed by atoms with Gasteiger partial charge in [0.2, 0.25) is 0 Å². The molecule has 0 saturated heterocycles. The number of benzene rings is 3. The summed E-state index contributed by atoms with van der Waals surface area (Å²) < 4.78 is 45.3. The fourth-order valence-electron chi connectivity index (χ4n) is 5.17. The molecule has 3 aromatic rings. The molecule has 1 fully saturated rings. The minimum atomic E-state index is -4.75. The van der Waals surface area contributed by atoms with Crippen LogP contribution in [0.25, 0.3) is 0 Å². The molecule has 2 aliphatic rings. The zero-order valence-corrected chi connectivity index (χ0v) is 20.4. The summed E-state index contributed by atoms with van der Waals surface area (Å²) in [5, 5.41) is 10.4. The number of alkyl halides is 3. The van der Waals surface area contributed by atoms with Crippen LogP contribution in [0.4, 0.5) is 30.2 Å². The van der Waals surface area contributed by atoms with E-state index in [1.165, 1.54) is 46.8 Å². The van der Waals surface area contributed by atoms with Crippen molar-refractivity contribution in [2.45, 2.75) is 57.0 Å². The number of nitrogens with one attached hydrogen (secondary N) is 1. The molecule has 1 aliphatic heterocycles. The molecule has 1 saturated carbocycles. The van der Waals surface area contributed by atoms with Gasteiger partial charge in [-0.15, -0.1) is 13.2 Å². The van der Waals surface area contributed by atoms with E-state index < -0.39 is 6.36 Å². The minimum absolute atomic E-state index is 0.166. The number of hydrogen-bond acceptors (Lipinski definition) is 6. The van der Waals surface area contributed by atoms with E-state index >= 15 is 0 Å². The van der Waals surface area contributed by atoms with Gasteiger partial charge in [-0.05, 0) is 86.1 Å². The first kappa shape index (κ1) is 24.8. The van der Waals surface area contributed by atoms with Crippen molar-refractivity contribution in [3.05, 3.63) is 83.9 Å². The van der Waals surface area contributed by atoms with E-state index in [-0.39, 0.29) is 11.8 Å². The largest absolute Gasteiger partial charge is 0.573 e. The first-order valence-corrected chi connectivity index (χ1v) is 12.9. The number of para-hydroxylation sites is 2. The second kappa shape index (κ2) is 10.6. The average molecular weight is 516 g/mol. The maximum atomic E-state index is 12.4. The predicted octanol–water partition coefficient (Wildman–Crippen LogP) is 7.18. The summed E-state index contributed by atoms with van der Waals surface area (Å²) in [5.41, 5.74) is 5.61. The van der Waals surface area contributed by atoms with Gasteiger partial charge in [0.25, 0.3) is 0 Å². The van der Waals surface area contributed by atoms with Gasteiger partial charge < -0.3 is 9.64 Å². The van der Waals surface area contributed by atoms with Crippen molar-refractivity contribution < 1.29 is 23.1 Å². The van der Waals surface area contributed by atoms with Gasteiger partial charge in [-0.2, -0.15) is 4.47 Å². The molecule has 0 radical (unpaired) electrons. The highest BCUT2D eigenvalue weighted by Crippen LogP contribution is 2.41. The van der Waals surface area contributed by atoms with Crippen LogP contribution in [0.3, 0.4) is 0 Å². The average Bonchev–Trinajstić information content (AvgIpc) is 3.04. The lowest BCUT2D eigenvalue weighted by Gasteiger charge is -2.40. The van der Waals surface area contributed by atoms with E-state index in [0.29, 0.717) is 11.7 Å². The lowest BCUT2D eigenvalue weighted by atomic mass is 9.89. The van der Waals surface area contributed by atoms with Crippen LogP contribution in [0.15, 0.2) is 72.8 Å². The summed E-state index contributed by atoms with van der Waals surface area (Å²) in [4.78, 5) is 2.51. The summed E-state index contributed by atoms with van der Waals surface area (Å²) in [7, 11) is 0. The number of aryl methyl sites for hydroxylation is 2. The molecule has 0 spiro atoms. The summed E-state index contributed by atoms with van der Waals surface area (Å²) in [5.74, 6) is -0.328. The highest BCUT2D eigenvalue weighted by Gasteiger charge is 2.32. The Morgan fingerprint density at radius 1 is 0.889 bits per heavy atom. The van der Waals surface area contributed by atoms with E-state index in [4.69, 9.17) is 0 Å². The van der Waals surface area contributed by atoms with Crippen molar-refractivity contribution in [2.75, 3.05) is 9.37 Å². The fourth-order valence-corrected chi connectivity index (χ4v) is 5.86. The van der Waals surface area contributed by atoms with Crippen LogP contribution < -0.4 is 18.8 Å². The third-order valence-electron chi connectivity index (χ3n) is 6.77. The molecule has 2 N–H and O–H groups in total. The topological polar surface area (TPSA) is 48.0 Å². The molecule has 190 valence electrons. The summed E-state index contributed by atoms with van der Waals surface area (Å²) in [6.07, 6.45) is 1.30. The highest BCUT2D eigenvalue weighted by molar-refractivity contribution is 7.98. The first-order chi connectivity index (χ1) is 17.4. The summed E-state index contributed by atoms with van der Waals surface area (Å²) in [6, 6.07) is 22.9. The summed E-state index contributed by atoms with van der Waals surface area (Å²) >= 11 is 1.04. The monoisotopic (exact) mass is 515 g/mol. The lowest BCUT2D eigenvalue weighted by Crippen LogP contribution is -2.42. The van der Waals surface area contributed by atoms with Crippen LogP contribution in [0, 0.1) is 0 Å². The molecule has 2 unspecified atom stereocenters. The Kier molecular flexibility index (Phi) is 7.32. The molecule has 5 nitrogen and oxygen atoms in total. The number of rotatable bonds is 6. The molecule has 2 atom stereocenters. The number of nitrogens with zero attached hydrogens (tertiary/aromatic N) is 2. The van der Waals surface area contributed by atoms with Crippen LogP contribution in [0.1, 0.15) is 36.8 Å². The Labute approximate surface area is 213 Å². The third-order valence-corrected chi connectivity index (χ3v) is 7.60. The van der Waals surface area contributed by atoms with E-state index in [1.807, 2.05) is 0 Å². The van der Waals surface area contributed by atoms with Crippen molar-refractivity contribution in [3.63, 3.8) is 0 Å². The molecule has 0 bridgehead atoms. The molecule has 3 aromatic carbocycles. The Hall–Kier alpha value is -2.88. The minimum Gasteiger partial charge on any atom is -0.406 e. The maximum Gasteiger partial charge on any atom is 0.573 e. The SMILES string of the molecule is ON(SNC1CCCC(N2c3ccccc3CCc3ccccc32)C1)c1ccc(OC(F)(F)F)cc1. The van der Waals surface area contributed by atoms with Crippen LogP contribution >= 0.6 is 12.1 Å². The number of hydrogen-bond donors (Lipinski definition) is 2. The van der Waals surface area contributed by atoms with Crippen LogP contribution in [-0.4, -0.2) is 23.7 Å². The van der Waals surface area contributed by atoms with Gasteiger partial charge in [-0.1, -0.05) is 36.4 Å². The maximum absolute atomic E-state index is 12.4. The second-order valence-corrected chi connectivity index (χ2v) is 9.93. The molecular weight excluding hydrogens is 487 g/mol. The van der Waals surface area contributed by atoms with Gasteiger partial charge in [-0.3, -0.25) is 5.21 Å². The highest BCUT2D eigenvalue weighted by atomic mass is 32.2. The van der Waals surface area contributed by atoms with Gasteiger partial charge in [0.1, 0.15) is 5.75 Å². The van der Waals surface area contributed by atoms with Crippen LogP contribution in [-0.2, 0) is 12.8 Å². The number of ether oxygens (including phenoxy) is 1. The van der Waals surface area contributed by atoms with E-state index in [0.717, 1.165) is 55.1 Å². The first-order valence-electron chi connectivity index (χ1n) is 12.1. The molecule has 0 amide bonds. The molecule has 36 heavy (non-hydrogen) atoms. The third kappa shape index (κ3) is 5.74. The lowest BCUT2D eigenvalue weighted by molar-refractivity contribution is -0.274. The normalized spacial score (nSPS) is 19.7. The van der Waals surface area contributed by atoms with Gasteiger partial charge in [-0.25, -0.2) is 4.72 Å². The quantitative estimate of drug-likeness (QED) is 0.268. The second-order valence-electron chi connectivity index (χ2n) is 9.17. The Bertz CT molecular complexity index is 1130. The van der Waals surface area contributed by atoms with Gasteiger partial charge >= 0.3 is 6.36 Å². The van der Waals surface area contributed by atoms with Gasteiger partial charge in [0.05, 0.1) is 17.8 Å². The smallest absolute Gasteiger partial charge is 0.406 e. The van der Waals surface area contributed by atoms with E-state index in [9.17, 15) is 18.4 Å². The molecule has 9 heteroatoms. The standard InChI is InChI=1S/C27H28F3N3O2S/c28-27(29,30)35-24-16-14-22(15-17-24)33(34)36-31-21-8-5-9-23(18-21)32-25-10-3-1-6-19(25)12-13-20-7-2-4-11-26(20)32/h1-4,6-7,10-11,14-17,21,23,31,34H,5,8-9,12-13,18H2.